The van der Waals surface area contributed by atoms with Gasteiger partial charge in [0.15, 0.2) is 0 Å². The molecular weight excluding hydrogens is 240 g/mol. The van der Waals surface area contributed by atoms with Gasteiger partial charge in [0.05, 0.1) is 0 Å². The van der Waals surface area contributed by atoms with Gasteiger partial charge in [0.2, 0.25) is 5.91 Å². The molecule has 17 heavy (non-hydrogen) atoms. The average Bonchev–Trinajstić information content (AvgIpc) is 2.73. The molecule has 1 aliphatic rings. The van der Waals surface area contributed by atoms with Gasteiger partial charge in [0.1, 0.15) is 6.61 Å². The Morgan fingerprint density at radius 2 is 2.35 bits per heavy atom. The Kier molecular flexibility index (Phi) is 5.25. The monoisotopic (exact) mass is 256 g/mol. The molecule has 0 fully saturated rings. The van der Waals surface area contributed by atoms with Gasteiger partial charge >= 0.3 is 0 Å². The predicted molar refractivity (Wildman–Crippen MR) is 71.0 cm³/mol. The summed E-state index contributed by atoms with van der Waals surface area (Å²) >= 11 is 0. The number of anilines is 2. The molecule has 1 aromatic rings. The van der Waals surface area contributed by atoms with E-state index >= 15 is 0 Å². The zero-order valence-electron chi connectivity index (χ0n) is 9.79. The third-order valence-corrected chi connectivity index (χ3v) is 2.54. The molecule has 94 valence electrons. The molecule has 2 N–H and O–H groups in total. The van der Waals surface area contributed by atoms with Crippen molar-refractivity contribution in [1.29, 1.82) is 0 Å². The van der Waals surface area contributed by atoms with E-state index < -0.39 is 0 Å². The van der Waals surface area contributed by atoms with Crippen molar-refractivity contribution in [2.45, 2.75) is 13.3 Å². The largest absolute Gasteiger partial charge is 0.384 e. The zero-order valence-corrected chi connectivity index (χ0v) is 10.6. The number of fused-ring (bicyclic) bond motifs is 1. The topological polar surface area (TPSA) is 50.4 Å². The Bertz CT molecular complexity index is 396. The molecule has 5 heteroatoms. The van der Waals surface area contributed by atoms with Gasteiger partial charge in [0.25, 0.3) is 0 Å². The normalized spacial score (nSPS) is 12.3. The van der Waals surface area contributed by atoms with Crippen molar-refractivity contribution in [3.05, 3.63) is 23.8 Å². The first kappa shape index (κ1) is 13.8. The van der Waals surface area contributed by atoms with E-state index in [-0.39, 0.29) is 24.9 Å². The van der Waals surface area contributed by atoms with Crippen LogP contribution in [0.15, 0.2) is 18.2 Å². The maximum atomic E-state index is 11.4. The Morgan fingerprint density at radius 3 is 3.12 bits per heavy atom. The maximum absolute atomic E-state index is 11.4. The highest BCUT2D eigenvalue weighted by molar-refractivity contribution is 5.92. The number of hydrogen-bond acceptors (Lipinski definition) is 3. The Labute approximate surface area is 107 Å². The lowest BCUT2D eigenvalue weighted by atomic mass is 10.1. The van der Waals surface area contributed by atoms with Gasteiger partial charge < -0.3 is 15.4 Å². The van der Waals surface area contributed by atoms with Gasteiger partial charge in [-0.3, -0.25) is 4.79 Å². The van der Waals surface area contributed by atoms with Crippen molar-refractivity contribution in [3.63, 3.8) is 0 Å². The van der Waals surface area contributed by atoms with Crippen molar-refractivity contribution in [3.8, 4) is 0 Å². The summed E-state index contributed by atoms with van der Waals surface area (Å²) in [6.45, 7) is 3.52. The van der Waals surface area contributed by atoms with Crippen molar-refractivity contribution in [1.82, 2.24) is 0 Å². The molecule has 0 unspecified atom stereocenters. The van der Waals surface area contributed by atoms with Crippen LogP contribution in [-0.2, 0) is 16.0 Å². The molecule has 2 rings (SSSR count). The van der Waals surface area contributed by atoms with Gasteiger partial charge in [-0.2, -0.15) is 0 Å². The van der Waals surface area contributed by atoms with Gasteiger partial charge in [-0.05, 0) is 37.1 Å². The van der Waals surface area contributed by atoms with Crippen LogP contribution in [0.4, 0.5) is 11.4 Å². The van der Waals surface area contributed by atoms with Crippen LogP contribution < -0.4 is 10.6 Å². The van der Waals surface area contributed by atoms with Crippen molar-refractivity contribution in [2.24, 2.45) is 0 Å². The third-order valence-electron chi connectivity index (χ3n) is 2.54. The highest BCUT2D eigenvalue weighted by Crippen LogP contribution is 2.25. The fourth-order valence-electron chi connectivity index (χ4n) is 1.77. The summed E-state index contributed by atoms with van der Waals surface area (Å²) in [5.41, 5.74) is 3.27. The molecule has 0 atom stereocenters. The molecule has 0 bridgehead atoms. The summed E-state index contributed by atoms with van der Waals surface area (Å²) in [5, 5.41) is 6.09. The Morgan fingerprint density at radius 1 is 1.53 bits per heavy atom. The predicted octanol–water partition coefficient (Wildman–Crippen LogP) is 2.05. The minimum Gasteiger partial charge on any atom is -0.384 e. The van der Waals surface area contributed by atoms with Gasteiger partial charge in [-0.1, -0.05) is 0 Å². The number of nitrogens with one attached hydrogen (secondary N) is 2. The highest BCUT2D eigenvalue weighted by atomic mass is 35.5. The molecule has 1 aromatic carbocycles. The number of amides is 1. The molecule has 0 spiro atoms. The summed E-state index contributed by atoms with van der Waals surface area (Å²) in [6.07, 6.45) is 1.02. The minimum absolute atomic E-state index is 0. The quantitative estimate of drug-likeness (QED) is 0.867. The molecule has 4 nitrogen and oxygen atoms in total. The van der Waals surface area contributed by atoms with Crippen LogP contribution in [0.2, 0.25) is 0 Å². The second-order valence-electron chi connectivity index (χ2n) is 3.73. The standard InChI is InChI=1S/C12H16N2O2.ClH/c1-2-16-8-12(15)14-10-3-4-11-9(7-10)5-6-13-11;/h3-4,7,13H,2,5-6,8H2,1H3,(H,14,15);1H. The summed E-state index contributed by atoms with van der Waals surface area (Å²) < 4.78 is 5.04. The van der Waals surface area contributed by atoms with Gasteiger partial charge in [-0.15, -0.1) is 12.4 Å². The van der Waals surface area contributed by atoms with Gasteiger partial charge in [0, 0.05) is 24.5 Å². The van der Waals surface area contributed by atoms with Crippen LogP contribution in [0.3, 0.4) is 0 Å². The van der Waals surface area contributed by atoms with E-state index in [9.17, 15) is 4.79 Å². The van der Waals surface area contributed by atoms with Crippen LogP contribution in [0, 0.1) is 0 Å². The summed E-state index contributed by atoms with van der Waals surface area (Å²) in [7, 11) is 0. The molecule has 0 saturated heterocycles. The van der Waals surface area contributed by atoms with E-state index in [1.807, 2.05) is 25.1 Å². The maximum Gasteiger partial charge on any atom is 0.250 e. The molecule has 0 saturated carbocycles. The SMILES string of the molecule is CCOCC(=O)Nc1ccc2c(c1)CCN2.Cl. The lowest BCUT2D eigenvalue weighted by Gasteiger charge is -2.07. The second kappa shape index (κ2) is 6.47. The fraction of sp³-hybridized carbons (Fsp3) is 0.417. The smallest absolute Gasteiger partial charge is 0.250 e. The van der Waals surface area contributed by atoms with Crippen LogP contribution in [0.25, 0.3) is 0 Å². The number of hydrogen-bond donors (Lipinski definition) is 2. The summed E-state index contributed by atoms with van der Waals surface area (Å²) in [5.74, 6) is -0.104. The van der Waals surface area contributed by atoms with E-state index in [0.717, 1.165) is 18.7 Å². The number of carbonyl (C=O) groups is 1. The van der Waals surface area contributed by atoms with E-state index in [1.165, 1.54) is 11.3 Å². The van der Waals surface area contributed by atoms with Crippen LogP contribution in [-0.4, -0.2) is 25.7 Å². The summed E-state index contributed by atoms with van der Waals surface area (Å²) in [6, 6.07) is 5.92. The van der Waals surface area contributed by atoms with E-state index in [2.05, 4.69) is 10.6 Å². The van der Waals surface area contributed by atoms with Crippen molar-refractivity contribution < 1.29 is 9.53 Å². The molecule has 1 amide bonds. The molecular formula is C12H17ClN2O2. The molecule has 0 radical (unpaired) electrons. The number of halogens is 1. The molecule has 1 heterocycles. The Balaban J connectivity index is 0.00000144. The summed E-state index contributed by atoms with van der Waals surface area (Å²) in [4.78, 5) is 11.4. The third kappa shape index (κ3) is 3.61. The van der Waals surface area contributed by atoms with Crippen LogP contribution in [0.5, 0.6) is 0 Å². The Hall–Kier alpha value is -1.26. The van der Waals surface area contributed by atoms with Crippen molar-refractivity contribution in [2.75, 3.05) is 30.4 Å². The lowest BCUT2D eigenvalue weighted by Crippen LogP contribution is -2.18. The average molecular weight is 257 g/mol. The number of carbonyl (C=O) groups excluding carboxylic acids is 1. The fourth-order valence-corrected chi connectivity index (χ4v) is 1.77. The first-order valence-electron chi connectivity index (χ1n) is 5.54. The number of benzene rings is 1. The lowest BCUT2D eigenvalue weighted by molar-refractivity contribution is -0.120. The van der Waals surface area contributed by atoms with E-state index in [1.54, 1.807) is 0 Å². The highest BCUT2D eigenvalue weighted by Gasteiger charge is 2.10. The number of rotatable bonds is 4. The van der Waals surface area contributed by atoms with E-state index in [4.69, 9.17) is 4.74 Å². The van der Waals surface area contributed by atoms with Crippen LogP contribution in [0.1, 0.15) is 12.5 Å². The molecule has 0 aliphatic carbocycles. The van der Waals surface area contributed by atoms with E-state index in [0.29, 0.717) is 6.61 Å². The second-order valence-corrected chi connectivity index (χ2v) is 3.73. The van der Waals surface area contributed by atoms with Crippen molar-refractivity contribution >= 4 is 29.7 Å². The minimum atomic E-state index is -0.104. The molecule has 0 aromatic heterocycles. The number of ether oxygens (including phenoxy) is 1. The first-order valence-corrected chi connectivity index (χ1v) is 5.54. The van der Waals surface area contributed by atoms with Gasteiger partial charge in [-0.25, -0.2) is 0 Å². The van der Waals surface area contributed by atoms with Crippen LogP contribution >= 0.6 is 12.4 Å². The molecule has 1 aliphatic heterocycles. The first-order chi connectivity index (χ1) is 7.79. The zero-order chi connectivity index (χ0) is 11.4.